The molecule has 13 heavy (non-hydrogen) atoms. The maximum Gasteiger partial charge on any atom is 0.00695 e. The summed E-state index contributed by atoms with van der Waals surface area (Å²) in [5, 5.41) is 0. The van der Waals surface area contributed by atoms with Crippen LogP contribution in [0.5, 0.6) is 0 Å². The Balaban J connectivity index is 0. The minimum atomic E-state index is 0. The van der Waals surface area contributed by atoms with Crippen molar-refractivity contribution in [1.29, 1.82) is 0 Å². The molecule has 0 atom stereocenters. The lowest BCUT2D eigenvalue weighted by Gasteiger charge is -2.06. The quantitative estimate of drug-likeness (QED) is 0.663. The van der Waals surface area contributed by atoms with Gasteiger partial charge in [-0.15, -0.1) is 0 Å². The van der Waals surface area contributed by atoms with Crippen LogP contribution in [0, 0.1) is 0 Å². The van der Waals surface area contributed by atoms with Crippen molar-refractivity contribution in [2.45, 2.75) is 59.3 Å². The van der Waals surface area contributed by atoms with E-state index in [-0.39, 0.29) is 6.15 Å². The van der Waals surface area contributed by atoms with E-state index in [0.717, 1.165) is 12.1 Å². The third-order valence-corrected chi connectivity index (χ3v) is 2.25. The maximum atomic E-state index is 5.92. The molecule has 0 amide bonds. The molecule has 0 aromatic carbocycles. The molecule has 0 aromatic rings. The van der Waals surface area contributed by atoms with Crippen LogP contribution in [0.25, 0.3) is 0 Å². The Labute approximate surface area is 83.2 Å². The second-order valence-corrected chi connectivity index (χ2v) is 3.51. The van der Waals surface area contributed by atoms with Crippen LogP contribution < -0.4 is 11.9 Å². The first-order chi connectivity index (χ1) is 5.72. The second kappa shape index (κ2) is 9.59. The average molecular weight is 186 g/mol. The number of hydrogen-bond acceptors (Lipinski definition) is 2. The highest BCUT2D eigenvalue weighted by molar-refractivity contribution is 5.07. The Morgan fingerprint density at radius 1 is 1.00 bits per heavy atom. The Kier molecular flexibility index (Phi) is 11.1. The highest BCUT2D eigenvalue weighted by Gasteiger charge is 1.96. The van der Waals surface area contributed by atoms with Crippen molar-refractivity contribution in [1.82, 2.24) is 6.15 Å². The Bertz CT molecular complexity index is 123. The van der Waals surface area contributed by atoms with E-state index in [1.807, 2.05) is 0 Å². The van der Waals surface area contributed by atoms with Gasteiger partial charge >= 0.3 is 0 Å². The molecule has 0 fully saturated rings. The summed E-state index contributed by atoms with van der Waals surface area (Å²) < 4.78 is 0. The highest BCUT2D eigenvalue weighted by atomic mass is 14.6. The Morgan fingerprint density at radius 3 is 1.92 bits per heavy atom. The summed E-state index contributed by atoms with van der Waals surface area (Å²) in [5.41, 5.74) is 8.46. The maximum absolute atomic E-state index is 5.92. The summed E-state index contributed by atoms with van der Waals surface area (Å²) in [7, 11) is 0. The van der Waals surface area contributed by atoms with Crippen LogP contribution in [0.2, 0.25) is 0 Å². The average Bonchev–Trinajstić information content (AvgIpc) is 2.10. The van der Waals surface area contributed by atoms with Crippen molar-refractivity contribution in [2.75, 3.05) is 0 Å². The third-order valence-electron chi connectivity index (χ3n) is 2.25. The predicted octanol–water partition coefficient (Wildman–Crippen LogP) is 3.76. The highest BCUT2D eigenvalue weighted by Crippen LogP contribution is 2.12. The smallest absolute Gasteiger partial charge is 0.00695 e. The van der Waals surface area contributed by atoms with Gasteiger partial charge in [0.1, 0.15) is 0 Å². The fourth-order valence-electron chi connectivity index (χ4n) is 1.18. The third kappa shape index (κ3) is 7.85. The van der Waals surface area contributed by atoms with Crippen LogP contribution >= 0.6 is 0 Å². The van der Waals surface area contributed by atoms with Crippen LogP contribution in [0.4, 0.5) is 0 Å². The molecule has 0 spiro atoms. The molecule has 0 unspecified atom stereocenters. The first kappa shape index (κ1) is 15.0. The summed E-state index contributed by atoms with van der Waals surface area (Å²) in [5.74, 6) is 0. The van der Waals surface area contributed by atoms with Crippen LogP contribution in [0.3, 0.4) is 0 Å². The van der Waals surface area contributed by atoms with Crippen LogP contribution in [-0.4, -0.2) is 0 Å². The molecule has 0 rings (SSSR count). The van der Waals surface area contributed by atoms with Crippen LogP contribution in [0.1, 0.15) is 59.3 Å². The molecule has 0 aromatic heterocycles. The van der Waals surface area contributed by atoms with E-state index in [2.05, 4.69) is 20.8 Å². The molecule has 80 valence electrons. The molecule has 0 aliphatic carbocycles. The summed E-state index contributed by atoms with van der Waals surface area (Å²) in [6.45, 7) is 6.59. The molecule has 5 N–H and O–H groups in total. The van der Waals surface area contributed by atoms with Crippen molar-refractivity contribution < 1.29 is 0 Å². The summed E-state index contributed by atoms with van der Waals surface area (Å²) >= 11 is 0. The van der Waals surface area contributed by atoms with Crippen molar-refractivity contribution in [3.8, 4) is 0 Å². The van der Waals surface area contributed by atoms with Crippen molar-refractivity contribution in [2.24, 2.45) is 5.73 Å². The lowest BCUT2D eigenvalue weighted by Crippen LogP contribution is -2.00. The molecule has 0 radical (unpaired) electrons. The number of unbranched alkanes of at least 4 members (excludes halogenated alkanes) is 2. The van der Waals surface area contributed by atoms with E-state index >= 15 is 0 Å². The second-order valence-electron chi connectivity index (χ2n) is 3.51. The van der Waals surface area contributed by atoms with Crippen molar-refractivity contribution in [3.05, 3.63) is 11.3 Å². The van der Waals surface area contributed by atoms with Gasteiger partial charge in [-0.25, -0.2) is 0 Å². The zero-order valence-corrected chi connectivity index (χ0v) is 9.53. The number of allylic oxidation sites excluding steroid dienone is 2. The van der Waals surface area contributed by atoms with E-state index in [9.17, 15) is 0 Å². The lowest BCUT2D eigenvalue weighted by molar-refractivity contribution is 0.740. The first-order valence-corrected chi connectivity index (χ1v) is 5.16. The Hall–Kier alpha value is -0.500. The molecular formula is C11H26N2. The summed E-state index contributed by atoms with van der Waals surface area (Å²) in [6, 6.07) is 0. The normalized spacial score (nSPS) is 11.9. The van der Waals surface area contributed by atoms with Gasteiger partial charge in [-0.2, -0.15) is 0 Å². The SMILES string of the molecule is CCCCC(C)=C(N)CCCC.N. The molecule has 0 heterocycles. The van der Waals surface area contributed by atoms with Crippen molar-refractivity contribution >= 4 is 0 Å². The van der Waals surface area contributed by atoms with E-state index in [1.54, 1.807) is 0 Å². The lowest BCUT2D eigenvalue weighted by atomic mass is 10.1. The molecule has 2 heteroatoms. The largest absolute Gasteiger partial charge is 0.402 e. The minimum absolute atomic E-state index is 0. The van der Waals surface area contributed by atoms with Gasteiger partial charge in [-0.05, 0) is 32.6 Å². The molecule has 0 saturated carbocycles. The van der Waals surface area contributed by atoms with Crippen LogP contribution in [0.15, 0.2) is 11.3 Å². The van der Waals surface area contributed by atoms with E-state index in [0.29, 0.717) is 0 Å². The molecular weight excluding hydrogens is 160 g/mol. The standard InChI is InChI=1S/C11H23N.H3N/c1-4-6-8-10(3)11(12)9-7-5-2;/h4-9,12H2,1-3H3;1H3. The molecule has 0 aliphatic rings. The topological polar surface area (TPSA) is 61.0 Å². The van der Waals surface area contributed by atoms with Gasteiger partial charge in [0.2, 0.25) is 0 Å². The number of hydrogen-bond donors (Lipinski definition) is 2. The van der Waals surface area contributed by atoms with E-state index in [4.69, 9.17) is 5.73 Å². The first-order valence-electron chi connectivity index (χ1n) is 5.16. The predicted molar refractivity (Wildman–Crippen MR) is 61.0 cm³/mol. The van der Waals surface area contributed by atoms with Gasteiger partial charge in [0.05, 0.1) is 0 Å². The van der Waals surface area contributed by atoms with Gasteiger partial charge < -0.3 is 11.9 Å². The Morgan fingerprint density at radius 2 is 1.46 bits per heavy atom. The van der Waals surface area contributed by atoms with Gasteiger partial charge in [-0.3, -0.25) is 0 Å². The van der Waals surface area contributed by atoms with Crippen molar-refractivity contribution in [3.63, 3.8) is 0 Å². The molecule has 0 bridgehead atoms. The van der Waals surface area contributed by atoms with E-state index in [1.165, 1.54) is 37.7 Å². The van der Waals surface area contributed by atoms with Gasteiger partial charge in [0.15, 0.2) is 0 Å². The van der Waals surface area contributed by atoms with Gasteiger partial charge in [-0.1, -0.05) is 32.3 Å². The number of nitrogens with two attached hydrogens (primary N) is 1. The zero-order chi connectivity index (χ0) is 9.40. The zero-order valence-electron chi connectivity index (χ0n) is 9.53. The summed E-state index contributed by atoms with van der Waals surface area (Å²) in [4.78, 5) is 0. The number of rotatable bonds is 6. The summed E-state index contributed by atoms with van der Waals surface area (Å²) in [6.07, 6.45) is 7.28. The molecule has 0 saturated heterocycles. The molecule has 0 aliphatic heterocycles. The fourth-order valence-corrected chi connectivity index (χ4v) is 1.18. The van der Waals surface area contributed by atoms with Gasteiger partial charge in [0.25, 0.3) is 0 Å². The molecule has 2 nitrogen and oxygen atoms in total. The fraction of sp³-hybridized carbons (Fsp3) is 0.818. The minimum Gasteiger partial charge on any atom is -0.402 e. The van der Waals surface area contributed by atoms with Gasteiger partial charge in [0, 0.05) is 5.70 Å². The van der Waals surface area contributed by atoms with E-state index < -0.39 is 0 Å². The monoisotopic (exact) mass is 186 g/mol. The van der Waals surface area contributed by atoms with Crippen LogP contribution in [-0.2, 0) is 0 Å².